The number of nitrogens with one attached hydrogen (secondary N) is 1. The van der Waals surface area contributed by atoms with Gasteiger partial charge in [0.1, 0.15) is 17.2 Å². The lowest BCUT2D eigenvalue weighted by Gasteiger charge is -2.11. The van der Waals surface area contributed by atoms with E-state index in [1.165, 1.54) is 18.2 Å². The van der Waals surface area contributed by atoms with Gasteiger partial charge in [-0.05, 0) is 36.4 Å². The number of methoxy groups -OCH3 is 1. The molecule has 2 aromatic carbocycles. The summed E-state index contributed by atoms with van der Waals surface area (Å²) in [5, 5.41) is 3.35. The minimum atomic E-state index is -2.98. The zero-order chi connectivity index (χ0) is 17.8. The Morgan fingerprint density at radius 3 is 2.68 bits per heavy atom. The summed E-state index contributed by atoms with van der Waals surface area (Å²) in [5.74, 6) is 0.0454. The van der Waals surface area contributed by atoms with Gasteiger partial charge in [-0.15, -0.1) is 0 Å². The highest BCUT2D eigenvalue weighted by atomic mass is 19.3. The first-order valence-electron chi connectivity index (χ1n) is 7.37. The van der Waals surface area contributed by atoms with Crippen molar-refractivity contribution in [2.75, 3.05) is 12.4 Å². The summed E-state index contributed by atoms with van der Waals surface area (Å²) < 4.78 is 34.4. The number of benzene rings is 2. The first-order chi connectivity index (χ1) is 12.1. The number of amides is 1. The number of pyridine rings is 1. The van der Waals surface area contributed by atoms with Crippen LogP contribution in [0.25, 0.3) is 10.9 Å². The Labute approximate surface area is 142 Å². The number of halogens is 2. The van der Waals surface area contributed by atoms with E-state index >= 15 is 0 Å². The third-order valence-electron chi connectivity index (χ3n) is 3.48. The molecule has 1 N–H and O–H groups in total. The maximum absolute atomic E-state index is 12.4. The molecule has 0 saturated heterocycles. The normalized spacial score (nSPS) is 10.7. The van der Waals surface area contributed by atoms with Gasteiger partial charge in [0.15, 0.2) is 0 Å². The number of aromatic nitrogens is 1. The molecule has 25 heavy (non-hydrogen) atoms. The van der Waals surface area contributed by atoms with E-state index in [0.29, 0.717) is 11.3 Å². The van der Waals surface area contributed by atoms with Crippen molar-refractivity contribution >= 4 is 22.5 Å². The molecular formula is C18H14F2N2O3. The van der Waals surface area contributed by atoms with Crippen LogP contribution in [0.5, 0.6) is 11.5 Å². The van der Waals surface area contributed by atoms with Crippen molar-refractivity contribution < 1.29 is 23.0 Å². The molecule has 1 amide bonds. The summed E-state index contributed by atoms with van der Waals surface area (Å²) in [6, 6.07) is 14.5. The number of rotatable bonds is 5. The summed E-state index contributed by atoms with van der Waals surface area (Å²) in [7, 11) is 1.56. The lowest BCUT2D eigenvalue weighted by molar-refractivity contribution is -0.0493. The van der Waals surface area contributed by atoms with E-state index in [0.717, 1.165) is 5.39 Å². The van der Waals surface area contributed by atoms with E-state index in [2.05, 4.69) is 15.0 Å². The van der Waals surface area contributed by atoms with Crippen molar-refractivity contribution in [3.63, 3.8) is 0 Å². The number of carbonyl (C=O) groups is 1. The molecule has 0 spiro atoms. The van der Waals surface area contributed by atoms with Crippen LogP contribution in [0.3, 0.4) is 0 Å². The third kappa shape index (κ3) is 3.82. The fourth-order valence-electron chi connectivity index (χ4n) is 2.31. The maximum atomic E-state index is 12.4. The van der Waals surface area contributed by atoms with E-state index < -0.39 is 12.5 Å². The van der Waals surface area contributed by atoms with Crippen LogP contribution >= 0.6 is 0 Å². The van der Waals surface area contributed by atoms with Crippen LogP contribution in [-0.4, -0.2) is 24.6 Å². The van der Waals surface area contributed by atoms with E-state index in [1.54, 1.807) is 43.5 Å². The van der Waals surface area contributed by atoms with Crippen molar-refractivity contribution in [3.05, 3.63) is 60.3 Å². The molecule has 0 unspecified atom stereocenters. The largest absolute Gasteiger partial charge is 0.497 e. The Balaban J connectivity index is 1.85. The number of hydrogen-bond acceptors (Lipinski definition) is 4. The predicted molar refractivity (Wildman–Crippen MR) is 89.3 cm³/mol. The number of hydrogen-bond donors (Lipinski definition) is 1. The lowest BCUT2D eigenvalue weighted by atomic mass is 10.2. The zero-order valence-electron chi connectivity index (χ0n) is 13.2. The molecule has 0 aliphatic carbocycles. The lowest BCUT2D eigenvalue weighted by Crippen LogP contribution is -2.15. The summed E-state index contributed by atoms with van der Waals surface area (Å²) in [4.78, 5) is 16.7. The molecule has 0 aliphatic heterocycles. The molecule has 0 aliphatic rings. The van der Waals surface area contributed by atoms with Gasteiger partial charge in [-0.1, -0.05) is 18.2 Å². The Bertz CT molecular complexity index is 916. The van der Waals surface area contributed by atoms with Gasteiger partial charge in [-0.2, -0.15) is 8.78 Å². The molecule has 128 valence electrons. The highest BCUT2D eigenvalue weighted by molar-refractivity contribution is 6.04. The average molecular weight is 344 g/mol. The van der Waals surface area contributed by atoms with E-state index in [-0.39, 0.29) is 17.1 Å². The standard InChI is InChI=1S/C18H14F2N2O3/c1-24-12-7-9-13-11(10-12)6-8-15(21-13)17(23)22-14-4-2-3-5-16(14)25-18(19)20/h2-10,18H,1H3,(H,22,23). The number of anilines is 1. The zero-order valence-corrected chi connectivity index (χ0v) is 13.2. The minimum absolute atomic E-state index is 0.114. The van der Waals surface area contributed by atoms with Crippen molar-refractivity contribution in [1.82, 2.24) is 4.98 Å². The van der Waals surface area contributed by atoms with Gasteiger partial charge < -0.3 is 14.8 Å². The molecule has 3 rings (SSSR count). The van der Waals surface area contributed by atoms with Crippen molar-refractivity contribution in [3.8, 4) is 11.5 Å². The molecule has 7 heteroatoms. The molecule has 1 heterocycles. The Kier molecular flexibility index (Phi) is 4.74. The van der Waals surface area contributed by atoms with Gasteiger partial charge >= 0.3 is 6.61 Å². The minimum Gasteiger partial charge on any atom is -0.497 e. The molecule has 0 atom stereocenters. The van der Waals surface area contributed by atoms with Crippen LogP contribution in [0.4, 0.5) is 14.5 Å². The summed E-state index contributed by atoms with van der Waals surface area (Å²) in [6.07, 6.45) is 0. The number of nitrogens with zero attached hydrogens (tertiary/aromatic N) is 1. The molecule has 0 saturated carbocycles. The highest BCUT2D eigenvalue weighted by Gasteiger charge is 2.14. The molecular weight excluding hydrogens is 330 g/mol. The van der Waals surface area contributed by atoms with Crippen LogP contribution in [0.1, 0.15) is 10.5 Å². The van der Waals surface area contributed by atoms with Gasteiger partial charge in [0.25, 0.3) is 5.91 Å². The van der Waals surface area contributed by atoms with E-state index in [9.17, 15) is 13.6 Å². The Morgan fingerprint density at radius 2 is 1.92 bits per heavy atom. The number of carbonyl (C=O) groups excluding carboxylic acids is 1. The van der Waals surface area contributed by atoms with Crippen LogP contribution in [0.2, 0.25) is 0 Å². The summed E-state index contributed by atoms with van der Waals surface area (Å²) in [5.41, 5.74) is 0.916. The first-order valence-corrected chi connectivity index (χ1v) is 7.37. The second-order valence-corrected chi connectivity index (χ2v) is 5.08. The highest BCUT2D eigenvalue weighted by Crippen LogP contribution is 2.26. The molecule has 0 bridgehead atoms. The number of ether oxygens (including phenoxy) is 2. The summed E-state index contributed by atoms with van der Waals surface area (Å²) in [6.45, 7) is -2.98. The van der Waals surface area contributed by atoms with Gasteiger partial charge in [0.05, 0.1) is 18.3 Å². The SMILES string of the molecule is COc1ccc2nc(C(=O)Nc3ccccc3OC(F)F)ccc2c1. The second kappa shape index (κ2) is 7.12. The molecule has 3 aromatic rings. The summed E-state index contributed by atoms with van der Waals surface area (Å²) >= 11 is 0. The van der Waals surface area contributed by atoms with Crippen LogP contribution in [-0.2, 0) is 0 Å². The third-order valence-corrected chi connectivity index (χ3v) is 3.48. The Morgan fingerprint density at radius 1 is 1.12 bits per heavy atom. The monoisotopic (exact) mass is 344 g/mol. The van der Waals surface area contributed by atoms with E-state index in [4.69, 9.17) is 4.74 Å². The fourth-order valence-corrected chi connectivity index (χ4v) is 2.31. The van der Waals surface area contributed by atoms with Gasteiger partial charge in [0, 0.05) is 5.39 Å². The van der Waals surface area contributed by atoms with Gasteiger partial charge in [-0.3, -0.25) is 4.79 Å². The van der Waals surface area contributed by atoms with E-state index in [1.807, 2.05) is 0 Å². The van der Waals surface area contributed by atoms with Crippen molar-refractivity contribution in [1.29, 1.82) is 0 Å². The predicted octanol–water partition coefficient (Wildman–Crippen LogP) is 4.10. The van der Waals surface area contributed by atoms with Crippen LogP contribution in [0.15, 0.2) is 54.6 Å². The number of alkyl halides is 2. The van der Waals surface area contributed by atoms with Crippen molar-refractivity contribution in [2.45, 2.75) is 6.61 Å². The first kappa shape index (κ1) is 16.6. The molecule has 0 fully saturated rings. The topological polar surface area (TPSA) is 60.5 Å². The smallest absolute Gasteiger partial charge is 0.387 e. The fraction of sp³-hybridized carbons (Fsp3) is 0.111. The average Bonchev–Trinajstić information content (AvgIpc) is 2.62. The molecule has 0 radical (unpaired) electrons. The quantitative estimate of drug-likeness (QED) is 0.757. The molecule has 5 nitrogen and oxygen atoms in total. The number of para-hydroxylation sites is 2. The second-order valence-electron chi connectivity index (χ2n) is 5.08. The van der Waals surface area contributed by atoms with Gasteiger partial charge in [-0.25, -0.2) is 4.98 Å². The van der Waals surface area contributed by atoms with Crippen LogP contribution < -0.4 is 14.8 Å². The van der Waals surface area contributed by atoms with Crippen LogP contribution in [0, 0.1) is 0 Å². The van der Waals surface area contributed by atoms with Gasteiger partial charge in [0.2, 0.25) is 0 Å². The van der Waals surface area contributed by atoms with Crippen molar-refractivity contribution in [2.24, 2.45) is 0 Å². The maximum Gasteiger partial charge on any atom is 0.387 e. The number of fused-ring (bicyclic) bond motifs is 1. The molecule has 1 aromatic heterocycles. The Hall–Kier alpha value is -3.22.